The van der Waals surface area contributed by atoms with E-state index in [0.29, 0.717) is 0 Å². The van der Waals surface area contributed by atoms with Crippen LogP contribution in [0.4, 0.5) is 5.69 Å². The first-order chi connectivity index (χ1) is 13.0. The van der Waals surface area contributed by atoms with Gasteiger partial charge in [0.25, 0.3) is 0 Å². The molecule has 2 aromatic rings. The average Bonchev–Trinajstić information content (AvgIpc) is 2.67. The van der Waals surface area contributed by atoms with E-state index in [0.717, 1.165) is 41.0 Å². The molecule has 0 aliphatic rings. The molecule has 2 aromatic carbocycles. The molecule has 0 aliphatic carbocycles. The van der Waals surface area contributed by atoms with Crippen LogP contribution >= 0.6 is 0 Å². The van der Waals surface area contributed by atoms with Crippen molar-refractivity contribution in [2.45, 2.75) is 46.1 Å². The fraction of sp³-hybridized carbons (Fsp3) is 0.364. The van der Waals surface area contributed by atoms with Gasteiger partial charge < -0.3 is 15.4 Å². The summed E-state index contributed by atoms with van der Waals surface area (Å²) in [5, 5.41) is 5.93. The highest BCUT2D eigenvalue weighted by atomic mass is 16.5. The first-order valence-electron chi connectivity index (χ1n) is 9.30. The molecular formula is C22H28N2O3. The molecule has 144 valence electrons. The number of benzene rings is 2. The second kappa shape index (κ2) is 9.76. The van der Waals surface area contributed by atoms with Gasteiger partial charge in [-0.25, -0.2) is 0 Å². The summed E-state index contributed by atoms with van der Waals surface area (Å²) in [6, 6.07) is 13.1. The molecule has 2 amide bonds. The Balaban J connectivity index is 2.20. The largest absolute Gasteiger partial charge is 0.497 e. The number of para-hydroxylation sites is 1. The Morgan fingerprint density at radius 3 is 2.07 bits per heavy atom. The molecule has 27 heavy (non-hydrogen) atoms. The minimum atomic E-state index is -0.396. The molecule has 0 spiro atoms. The number of rotatable bonds is 8. The van der Waals surface area contributed by atoms with Gasteiger partial charge in [0, 0.05) is 12.6 Å². The first kappa shape index (κ1) is 20.5. The smallest absolute Gasteiger partial charge is 0.226 e. The van der Waals surface area contributed by atoms with Gasteiger partial charge in [0.1, 0.15) is 5.75 Å². The summed E-state index contributed by atoms with van der Waals surface area (Å²) < 4.78 is 5.17. The number of methoxy groups -OCH3 is 1. The Labute approximate surface area is 161 Å². The van der Waals surface area contributed by atoms with Gasteiger partial charge in [-0.15, -0.1) is 0 Å². The molecule has 0 heterocycles. The van der Waals surface area contributed by atoms with Gasteiger partial charge in [-0.3, -0.25) is 9.59 Å². The van der Waals surface area contributed by atoms with Gasteiger partial charge in [-0.1, -0.05) is 44.2 Å². The Hall–Kier alpha value is -2.82. The van der Waals surface area contributed by atoms with Crippen molar-refractivity contribution in [3.63, 3.8) is 0 Å². The van der Waals surface area contributed by atoms with Crippen molar-refractivity contribution < 1.29 is 14.3 Å². The van der Waals surface area contributed by atoms with Crippen molar-refractivity contribution in [3.05, 3.63) is 59.2 Å². The van der Waals surface area contributed by atoms with E-state index in [2.05, 4.69) is 24.5 Å². The summed E-state index contributed by atoms with van der Waals surface area (Å²) >= 11 is 0. The third-order valence-corrected chi connectivity index (χ3v) is 4.55. The molecule has 5 nitrogen and oxygen atoms in total. The molecule has 0 radical (unpaired) electrons. The van der Waals surface area contributed by atoms with Gasteiger partial charge in [0.2, 0.25) is 11.8 Å². The maximum atomic E-state index is 12.7. The van der Waals surface area contributed by atoms with Gasteiger partial charge in [0.15, 0.2) is 0 Å². The molecule has 0 fully saturated rings. The lowest BCUT2D eigenvalue weighted by molar-refractivity contribution is -0.120. The van der Waals surface area contributed by atoms with Crippen LogP contribution in [0.1, 0.15) is 49.9 Å². The molecule has 0 aromatic heterocycles. The Kier molecular flexibility index (Phi) is 7.41. The molecule has 2 N–H and O–H groups in total. The van der Waals surface area contributed by atoms with E-state index in [9.17, 15) is 9.59 Å². The normalized spacial score (nSPS) is 11.6. The van der Waals surface area contributed by atoms with E-state index in [1.54, 1.807) is 7.11 Å². The minimum Gasteiger partial charge on any atom is -0.497 e. The predicted octanol–water partition coefficient (Wildman–Crippen LogP) is 4.03. The number of amides is 2. The van der Waals surface area contributed by atoms with Crippen LogP contribution in [0.5, 0.6) is 5.75 Å². The molecule has 5 heteroatoms. The van der Waals surface area contributed by atoms with E-state index in [4.69, 9.17) is 4.74 Å². The number of ether oxygens (including phenoxy) is 1. The zero-order valence-corrected chi connectivity index (χ0v) is 16.5. The lowest BCUT2D eigenvalue weighted by Crippen LogP contribution is -2.30. The third kappa shape index (κ3) is 5.58. The van der Waals surface area contributed by atoms with E-state index in [1.165, 1.54) is 6.92 Å². The maximum Gasteiger partial charge on any atom is 0.226 e. The van der Waals surface area contributed by atoms with Crippen LogP contribution in [0, 0.1) is 0 Å². The number of carbonyl (C=O) groups is 2. The molecule has 0 saturated carbocycles. The number of nitrogens with one attached hydrogen (secondary N) is 2. The fourth-order valence-electron chi connectivity index (χ4n) is 3.11. The van der Waals surface area contributed by atoms with Crippen LogP contribution < -0.4 is 15.4 Å². The summed E-state index contributed by atoms with van der Waals surface area (Å²) in [6.45, 7) is 5.60. The van der Waals surface area contributed by atoms with Crippen LogP contribution in [-0.4, -0.2) is 18.9 Å². The zero-order chi connectivity index (χ0) is 19.8. The van der Waals surface area contributed by atoms with Crippen LogP contribution in [0.2, 0.25) is 0 Å². The summed E-state index contributed by atoms with van der Waals surface area (Å²) in [4.78, 5) is 24.4. The van der Waals surface area contributed by atoms with Gasteiger partial charge >= 0.3 is 0 Å². The fourth-order valence-corrected chi connectivity index (χ4v) is 3.11. The standard InChI is InChI=1S/C22H28N2O3/c1-5-16-8-7-9-17(6-2)22(16)24-21(26)14-20(23-15(3)25)18-10-12-19(27-4)13-11-18/h7-13,20H,5-6,14H2,1-4H3,(H,23,25)(H,24,26)/t20-/m0/s1. The molecule has 0 aliphatic heterocycles. The topological polar surface area (TPSA) is 67.4 Å². The number of aryl methyl sites for hydroxylation is 2. The molecule has 0 unspecified atom stereocenters. The monoisotopic (exact) mass is 368 g/mol. The summed E-state index contributed by atoms with van der Waals surface area (Å²) in [5.41, 5.74) is 3.98. The number of anilines is 1. The summed E-state index contributed by atoms with van der Waals surface area (Å²) in [5.74, 6) is 0.432. The Morgan fingerprint density at radius 2 is 1.59 bits per heavy atom. The maximum absolute atomic E-state index is 12.7. The van der Waals surface area contributed by atoms with Crippen molar-refractivity contribution in [1.82, 2.24) is 5.32 Å². The average molecular weight is 368 g/mol. The van der Waals surface area contributed by atoms with Gasteiger partial charge in [-0.2, -0.15) is 0 Å². The van der Waals surface area contributed by atoms with Crippen molar-refractivity contribution in [1.29, 1.82) is 0 Å². The summed E-state index contributed by atoms with van der Waals surface area (Å²) in [6.07, 6.45) is 1.85. The van der Waals surface area contributed by atoms with Crippen LogP contribution in [-0.2, 0) is 22.4 Å². The van der Waals surface area contributed by atoms with Crippen molar-refractivity contribution in [3.8, 4) is 5.75 Å². The van der Waals surface area contributed by atoms with Crippen LogP contribution in [0.3, 0.4) is 0 Å². The van der Waals surface area contributed by atoms with Gasteiger partial charge in [0.05, 0.1) is 19.6 Å². The van der Waals surface area contributed by atoms with Crippen molar-refractivity contribution in [2.75, 3.05) is 12.4 Å². The number of hydrogen-bond acceptors (Lipinski definition) is 3. The molecular weight excluding hydrogens is 340 g/mol. The summed E-state index contributed by atoms with van der Waals surface area (Å²) in [7, 11) is 1.60. The highest BCUT2D eigenvalue weighted by Gasteiger charge is 2.19. The number of carbonyl (C=O) groups excluding carboxylic acids is 2. The highest BCUT2D eigenvalue weighted by Crippen LogP contribution is 2.25. The second-order valence-corrected chi connectivity index (χ2v) is 6.44. The molecule has 0 saturated heterocycles. The lowest BCUT2D eigenvalue weighted by Gasteiger charge is -2.20. The zero-order valence-electron chi connectivity index (χ0n) is 16.5. The molecule has 0 bridgehead atoms. The molecule has 1 atom stereocenters. The first-order valence-corrected chi connectivity index (χ1v) is 9.30. The SMILES string of the molecule is CCc1cccc(CC)c1NC(=O)C[C@H](NC(C)=O)c1ccc(OC)cc1. The van der Waals surface area contributed by atoms with Gasteiger partial charge in [-0.05, 0) is 41.7 Å². The van der Waals surface area contributed by atoms with E-state index < -0.39 is 6.04 Å². The van der Waals surface area contributed by atoms with Crippen LogP contribution in [0.15, 0.2) is 42.5 Å². The Morgan fingerprint density at radius 1 is 1.00 bits per heavy atom. The highest BCUT2D eigenvalue weighted by molar-refractivity contribution is 5.93. The second-order valence-electron chi connectivity index (χ2n) is 6.44. The van der Waals surface area contributed by atoms with E-state index >= 15 is 0 Å². The van der Waals surface area contributed by atoms with Crippen LogP contribution in [0.25, 0.3) is 0 Å². The Bertz CT molecular complexity index is 762. The van der Waals surface area contributed by atoms with E-state index in [-0.39, 0.29) is 18.2 Å². The third-order valence-electron chi connectivity index (χ3n) is 4.55. The molecule has 2 rings (SSSR count). The number of hydrogen-bond donors (Lipinski definition) is 2. The minimum absolute atomic E-state index is 0.125. The quantitative estimate of drug-likeness (QED) is 0.739. The lowest BCUT2D eigenvalue weighted by atomic mass is 10.0. The van der Waals surface area contributed by atoms with Crippen molar-refractivity contribution >= 4 is 17.5 Å². The van der Waals surface area contributed by atoms with Crippen molar-refractivity contribution in [2.24, 2.45) is 0 Å². The van der Waals surface area contributed by atoms with E-state index in [1.807, 2.05) is 42.5 Å². The predicted molar refractivity (Wildman–Crippen MR) is 108 cm³/mol.